The average Bonchev–Trinajstić information content (AvgIpc) is 3.21. The van der Waals surface area contributed by atoms with Gasteiger partial charge in [0.15, 0.2) is 0 Å². The lowest BCUT2D eigenvalue weighted by Crippen LogP contribution is -2.39. The highest BCUT2D eigenvalue weighted by Crippen LogP contribution is 2.35. The lowest BCUT2D eigenvalue weighted by Gasteiger charge is -2.35. The lowest BCUT2D eigenvalue weighted by molar-refractivity contribution is -0.134. The highest BCUT2D eigenvalue weighted by Gasteiger charge is 2.31. The molecule has 4 nitrogen and oxygen atoms in total. The maximum atomic E-state index is 13.1. The number of thiazole rings is 1. The van der Waals surface area contributed by atoms with E-state index < -0.39 is 0 Å². The third-order valence-electron chi connectivity index (χ3n) is 4.87. The number of imidazole rings is 1. The van der Waals surface area contributed by atoms with E-state index in [-0.39, 0.29) is 17.8 Å². The monoisotopic (exact) mass is 357 g/mol. The Hall–Kier alpha value is -2.21. The smallest absolute Gasteiger partial charge is 0.227 e. The van der Waals surface area contributed by atoms with Gasteiger partial charge in [-0.25, -0.2) is 9.37 Å². The lowest BCUT2D eigenvalue weighted by atomic mass is 9.98. The first-order chi connectivity index (χ1) is 12.1. The molecule has 0 saturated carbocycles. The molecule has 0 radical (unpaired) electrons. The second-order valence-electron chi connectivity index (χ2n) is 6.52. The average molecular weight is 357 g/mol. The number of nitrogens with zero attached hydrogens (tertiary/aromatic N) is 3. The first-order valence-electron chi connectivity index (χ1n) is 8.59. The van der Waals surface area contributed by atoms with Crippen LogP contribution in [0.25, 0.3) is 4.83 Å². The molecule has 0 unspecified atom stereocenters. The third kappa shape index (κ3) is 3.06. The zero-order chi connectivity index (χ0) is 17.4. The molecule has 0 N–H and O–H groups in total. The van der Waals surface area contributed by atoms with E-state index in [0.717, 1.165) is 47.7 Å². The number of amides is 1. The van der Waals surface area contributed by atoms with E-state index in [0.29, 0.717) is 6.42 Å². The van der Waals surface area contributed by atoms with E-state index in [1.165, 1.54) is 12.1 Å². The van der Waals surface area contributed by atoms with Gasteiger partial charge in [0.25, 0.3) is 0 Å². The van der Waals surface area contributed by atoms with Crippen LogP contribution in [0.1, 0.15) is 42.4 Å². The van der Waals surface area contributed by atoms with Crippen molar-refractivity contribution >= 4 is 22.1 Å². The van der Waals surface area contributed by atoms with Crippen molar-refractivity contribution in [3.63, 3.8) is 0 Å². The topological polar surface area (TPSA) is 37.6 Å². The minimum absolute atomic E-state index is 0.0315. The largest absolute Gasteiger partial charge is 0.334 e. The normalized spacial score (nSPS) is 18.0. The molecule has 1 aromatic carbocycles. The molecule has 1 atom stereocenters. The second kappa shape index (κ2) is 6.59. The zero-order valence-corrected chi connectivity index (χ0v) is 14.9. The fraction of sp³-hybridized carbons (Fsp3) is 0.368. The number of carbonyl (C=O) groups is 1. The van der Waals surface area contributed by atoms with Crippen molar-refractivity contribution in [1.29, 1.82) is 0 Å². The van der Waals surface area contributed by atoms with Crippen LogP contribution in [0.2, 0.25) is 0 Å². The number of fused-ring (bicyclic) bond motifs is 1. The molecule has 25 heavy (non-hydrogen) atoms. The summed E-state index contributed by atoms with van der Waals surface area (Å²) in [5.74, 6) is 0.773. The van der Waals surface area contributed by atoms with E-state index >= 15 is 0 Å². The standard InChI is InChI=1S/C19H20FN3OS/c1-13-21-18(19-22(13)10-11-25-19)16-4-2-3-9-23(16)17(24)12-14-5-7-15(20)8-6-14/h5-8,10-11,16H,2-4,9,12H2,1H3/t16-/m0/s1. The predicted octanol–water partition coefficient (Wildman–Crippen LogP) is 4.14. The molecule has 0 aliphatic carbocycles. The fourth-order valence-electron chi connectivity index (χ4n) is 3.60. The summed E-state index contributed by atoms with van der Waals surface area (Å²) in [6.07, 6.45) is 5.40. The van der Waals surface area contributed by atoms with Gasteiger partial charge >= 0.3 is 0 Å². The number of rotatable bonds is 3. The molecular weight excluding hydrogens is 337 g/mol. The van der Waals surface area contributed by atoms with Gasteiger partial charge in [-0.2, -0.15) is 0 Å². The van der Waals surface area contributed by atoms with Gasteiger partial charge in [0.05, 0.1) is 18.2 Å². The van der Waals surface area contributed by atoms with Gasteiger partial charge in [0, 0.05) is 18.1 Å². The molecule has 1 aliphatic rings. The number of carbonyl (C=O) groups excluding carboxylic acids is 1. The van der Waals surface area contributed by atoms with Crippen LogP contribution in [-0.4, -0.2) is 26.7 Å². The Bertz CT molecular complexity index is 899. The number of halogens is 1. The molecule has 1 amide bonds. The molecular formula is C19H20FN3OS. The van der Waals surface area contributed by atoms with Crippen LogP contribution in [0.3, 0.4) is 0 Å². The molecule has 0 bridgehead atoms. The Labute approximate surface area is 149 Å². The summed E-state index contributed by atoms with van der Waals surface area (Å²) < 4.78 is 15.2. The summed E-state index contributed by atoms with van der Waals surface area (Å²) in [5.41, 5.74) is 1.86. The first kappa shape index (κ1) is 16.3. The molecule has 1 saturated heterocycles. The molecule has 3 heterocycles. The van der Waals surface area contributed by atoms with Crippen molar-refractivity contribution in [2.45, 2.75) is 38.6 Å². The van der Waals surface area contributed by atoms with Crippen molar-refractivity contribution < 1.29 is 9.18 Å². The predicted molar refractivity (Wildman–Crippen MR) is 96.2 cm³/mol. The van der Waals surface area contributed by atoms with Crippen LogP contribution in [0.5, 0.6) is 0 Å². The number of piperidine rings is 1. The minimum Gasteiger partial charge on any atom is -0.334 e. The third-order valence-corrected chi connectivity index (χ3v) is 5.75. The maximum absolute atomic E-state index is 13.1. The van der Waals surface area contributed by atoms with Gasteiger partial charge in [-0.05, 0) is 43.9 Å². The summed E-state index contributed by atoms with van der Waals surface area (Å²) in [6.45, 7) is 2.75. The molecule has 1 fully saturated rings. The van der Waals surface area contributed by atoms with E-state index in [9.17, 15) is 9.18 Å². The second-order valence-corrected chi connectivity index (χ2v) is 7.42. The van der Waals surface area contributed by atoms with Crippen molar-refractivity contribution in [3.8, 4) is 0 Å². The van der Waals surface area contributed by atoms with Gasteiger partial charge < -0.3 is 4.90 Å². The minimum atomic E-state index is -0.277. The van der Waals surface area contributed by atoms with Gasteiger partial charge in [-0.3, -0.25) is 9.20 Å². The Morgan fingerprint density at radius 1 is 1.32 bits per heavy atom. The Kier molecular flexibility index (Phi) is 4.29. The van der Waals surface area contributed by atoms with Gasteiger partial charge in [-0.15, -0.1) is 11.3 Å². The van der Waals surface area contributed by atoms with Crippen LogP contribution in [0, 0.1) is 12.7 Å². The van der Waals surface area contributed by atoms with Gasteiger partial charge in [0.2, 0.25) is 5.91 Å². The van der Waals surface area contributed by atoms with E-state index in [1.54, 1.807) is 23.5 Å². The van der Waals surface area contributed by atoms with E-state index in [4.69, 9.17) is 4.98 Å². The number of hydrogen-bond acceptors (Lipinski definition) is 3. The molecule has 130 valence electrons. The van der Waals surface area contributed by atoms with Crippen LogP contribution in [0.4, 0.5) is 4.39 Å². The number of benzene rings is 1. The summed E-state index contributed by atoms with van der Waals surface area (Å²) >= 11 is 1.67. The maximum Gasteiger partial charge on any atom is 0.227 e. The van der Waals surface area contributed by atoms with Crippen LogP contribution in [-0.2, 0) is 11.2 Å². The van der Waals surface area contributed by atoms with Crippen LogP contribution >= 0.6 is 11.3 Å². The van der Waals surface area contributed by atoms with Crippen LogP contribution < -0.4 is 0 Å². The number of aryl methyl sites for hydroxylation is 1. The van der Waals surface area contributed by atoms with Crippen molar-refractivity contribution in [2.24, 2.45) is 0 Å². The fourth-order valence-corrected chi connectivity index (χ4v) is 4.53. The highest BCUT2D eigenvalue weighted by atomic mass is 32.1. The molecule has 4 rings (SSSR count). The van der Waals surface area contributed by atoms with E-state index in [2.05, 4.69) is 9.78 Å². The van der Waals surface area contributed by atoms with Gasteiger partial charge in [-0.1, -0.05) is 12.1 Å². The Morgan fingerprint density at radius 3 is 2.92 bits per heavy atom. The van der Waals surface area contributed by atoms with Crippen molar-refractivity contribution in [3.05, 3.63) is 58.7 Å². The zero-order valence-electron chi connectivity index (χ0n) is 14.1. The Balaban J connectivity index is 1.61. The quantitative estimate of drug-likeness (QED) is 0.706. The summed E-state index contributed by atoms with van der Waals surface area (Å²) in [7, 11) is 0. The molecule has 6 heteroatoms. The number of likely N-dealkylation sites (tertiary alicyclic amines) is 1. The molecule has 2 aromatic heterocycles. The van der Waals surface area contributed by atoms with Gasteiger partial charge in [0.1, 0.15) is 16.5 Å². The summed E-state index contributed by atoms with van der Waals surface area (Å²) in [5, 5.41) is 2.06. The SMILES string of the molecule is Cc1nc([C@@H]2CCCCN2C(=O)Cc2ccc(F)cc2)c2sccn12. The molecule has 1 aliphatic heterocycles. The highest BCUT2D eigenvalue weighted by molar-refractivity contribution is 7.15. The number of aromatic nitrogens is 2. The van der Waals surface area contributed by atoms with Crippen molar-refractivity contribution in [2.75, 3.05) is 6.54 Å². The Morgan fingerprint density at radius 2 is 2.12 bits per heavy atom. The van der Waals surface area contributed by atoms with Crippen LogP contribution in [0.15, 0.2) is 35.8 Å². The van der Waals surface area contributed by atoms with Crippen molar-refractivity contribution in [1.82, 2.24) is 14.3 Å². The van der Waals surface area contributed by atoms with E-state index in [1.807, 2.05) is 18.0 Å². The molecule has 0 spiro atoms. The molecule has 3 aromatic rings. The number of hydrogen-bond donors (Lipinski definition) is 0. The first-order valence-corrected chi connectivity index (χ1v) is 9.47. The summed E-state index contributed by atoms with van der Waals surface area (Å²) in [6, 6.07) is 6.22. The summed E-state index contributed by atoms with van der Waals surface area (Å²) in [4.78, 5) is 20.8.